The van der Waals surface area contributed by atoms with Crippen LogP contribution in [0.15, 0.2) is 151 Å². The molecule has 0 radical (unpaired) electrons. The maximum Gasteiger partial charge on any atom is 0.346 e. The van der Waals surface area contributed by atoms with Gasteiger partial charge in [0, 0.05) is 65.8 Å². The fraction of sp³-hybridized carbons (Fsp3) is 0. The van der Waals surface area contributed by atoms with E-state index in [-0.39, 0.29) is 5.57 Å². The first-order chi connectivity index (χ1) is 25.0. The highest BCUT2D eigenvalue weighted by atomic mass is 32.1. The normalized spacial score (nSPS) is 11.4. The van der Waals surface area contributed by atoms with Gasteiger partial charge in [0.05, 0.1) is 0 Å². The first-order valence-electron chi connectivity index (χ1n) is 15.9. The van der Waals surface area contributed by atoms with Crippen LogP contribution < -0.4 is 4.90 Å². The average molecular weight is 751 g/mol. The molecule has 8 rings (SSSR count). The number of hydrogen-bond acceptors (Lipinski definition) is 8. The van der Waals surface area contributed by atoms with Crippen LogP contribution in [0.1, 0.15) is 4.88 Å². The summed E-state index contributed by atoms with van der Waals surface area (Å²) in [5, 5.41) is 18.3. The molecule has 0 atom stereocenters. The van der Waals surface area contributed by atoms with Crippen molar-refractivity contribution in [3.05, 3.63) is 156 Å². The molecule has 0 unspecified atom stereocenters. The molecule has 4 nitrogen and oxygen atoms in total. The van der Waals surface area contributed by atoms with Gasteiger partial charge in [0.25, 0.3) is 0 Å². The predicted molar refractivity (Wildman–Crippen MR) is 219 cm³/mol. The largest absolute Gasteiger partial charge is 0.477 e. The molecule has 0 saturated heterocycles. The maximum absolute atomic E-state index is 11.2. The minimum atomic E-state index is -1.21. The van der Waals surface area contributed by atoms with E-state index in [1.54, 1.807) is 28.7 Å². The lowest BCUT2D eigenvalue weighted by Crippen LogP contribution is -2.09. The number of benzene rings is 3. The zero-order valence-electron chi connectivity index (χ0n) is 26.7. The van der Waals surface area contributed by atoms with Crippen molar-refractivity contribution in [2.45, 2.75) is 0 Å². The number of carbonyl (C=O) groups is 1. The van der Waals surface area contributed by atoms with Crippen LogP contribution in [-0.4, -0.2) is 11.1 Å². The first-order valence-corrected chi connectivity index (χ1v) is 20.0. The molecule has 0 saturated carbocycles. The third-order valence-corrected chi connectivity index (χ3v) is 14.3. The van der Waals surface area contributed by atoms with Crippen molar-refractivity contribution in [3.8, 4) is 55.5 Å². The lowest BCUT2D eigenvalue weighted by Gasteiger charge is -2.25. The van der Waals surface area contributed by atoms with Gasteiger partial charge in [-0.05, 0) is 109 Å². The van der Waals surface area contributed by atoms with Crippen molar-refractivity contribution in [1.29, 1.82) is 5.26 Å². The highest BCUT2D eigenvalue weighted by Crippen LogP contribution is 2.46. The summed E-state index contributed by atoms with van der Waals surface area (Å²) < 4.78 is 0. The Balaban J connectivity index is 0.974. The fourth-order valence-electron chi connectivity index (χ4n) is 5.66. The summed E-state index contributed by atoms with van der Waals surface area (Å²) in [5.41, 5.74) is 4.30. The van der Waals surface area contributed by atoms with Crippen LogP contribution in [0.5, 0.6) is 0 Å². The van der Waals surface area contributed by atoms with E-state index in [4.69, 9.17) is 5.26 Å². The summed E-state index contributed by atoms with van der Waals surface area (Å²) in [6, 6.07) is 52.9. The number of thiophene rings is 5. The molecule has 51 heavy (non-hydrogen) atoms. The highest BCUT2D eigenvalue weighted by molar-refractivity contribution is 7.30. The molecule has 1 N–H and O–H groups in total. The summed E-state index contributed by atoms with van der Waals surface area (Å²) in [5.74, 6) is -1.21. The van der Waals surface area contributed by atoms with Gasteiger partial charge < -0.3 is 10.0 Å². The molecule has 9 heteroatoms. The van der Waals surface area contributed by atoms with Gasteiger partial charge in [-0.2, -0.15) is 5.26 Å². The standard InChI is InChI=1S/C42H26N2O2S5/c43-26-28(42(45)46)25-32-15-16-34(47-32)35-19-20-38(49-35)39-23-24-41(51-39)40-22-21-37(50-40)36-18-17-33(48-36)27-11-13-31(14-12-27)44(29-7-3-1-4-8-29)30-9-5-2-6-10-30/h1-25H,(H,45,46)/b28-25+. The monoisotopic (exact) mass is 750 g/mol. The first kappa shape index (κ1) is 32.8. The van der Waals surface area contributed by atoms with Gasteiger partial charge in [-0.25, -0.2) is 4.79 Å². The quantitative estimate of drug-likeness (QED) is 0.112. The topological polar surface area (TPSA) is 64.3 Å². The van der Waals surface area contributed by atoms with E-state index in [0.717, 1.165) is 31.7 Å². The third kappa shape index (κ3) is 7.01. The molecule has 0 bridgehead atoms. The van der Waals surface area contributed by atoms with Crippen molar-refractivity contribution < 1.29 is 9.90 Å². The minimum Gasteiger partial charge on any atom is -0.477 e. The summed E-state index contributed by atoms with van der Waals surface area (Å²) in [4.78, 5) is 25.1. The van der Waals surface area contributed by atoms with Gasteiger partial charge >= 0.3 is 5.97 Å². The van der Waals surface area contributed by atoms with Crippen molar-refractivity contribution in [3.63, 3.8) is 0 Å². The lowest BCUT2D eigenvalue weighted by atomic mass is 10.1. The average Bonchev–Trinajstić information content (AvgIpc) is 4.01. The molecule has 0 amide bonds. The molecule has 3 aromatic carbocycles. The number of rotatable bonds is 10. The van der Waals surface area contributed by atoms with Crippen LogP contribution >= 0.6 is 56.7 Å². The molecule has 8 aromatic rings. The van der Waals surface area contributed by atoms with Crippen molar-refractivity contribution in [2.75, 3.05) is 4.90 Å². The summed E-state index contributed by atoms with van der Waals surface area (Å²) in [6.07, 6.45) is 1.42. The Kier molecular flexibility index (Phi) is 9.33. The van der Waals surface area contributed by atoms with Crippen molar-refractivity contribution in [2.24, 2.45) is 0 Å². The Morgan fingerprint density at radius 2 is 0.863 bits per heavy atom. The number of nitriles is 1. The lowest BCUT2D eigenvalue weighted by molar-refractivity contribution is -0.132. The zero-order valence-corrected chi connectivity index (χ0v) is 30.8. The van der Waals surface area contributed by atoms with E-state index in [9.17, 15) is 9.90 Å². The molecule has 0 aliphatic heterocycles. The van der Waals surface area contributed by atoms with E-state index < -0.39 is 5.97 Å². The maximum atomic E-state index is 11.2. The number of carboxylic acid groups (broad SMARTS) is 1. The van der Waals surface area contributed by atoms with E-state index >= 15 is 0 Å². The summed E-state index contributed by atoms with van der Waals surface area (Å²) in [7, 11) is 0. The molecule has 0 spiro atoms. The van der Waals surface area contributed by atoms with Crippen LogP contribution in [0, 0.1) is 11.3 Å². The van der Waals surface area contributed by atoms with Gasteiger partial charge in [0.15, 0.2) is 0 Å². The number of carboxylic acids is 1. The molecule has 0 aliphatic carbocycles. The number of para-hydroxylation sites is 2. The molecule has 5 heterocycles. The number of aliphatic carboxylic acids is 1. The van der Waals surface area contributed by atoms with Gasteiger partial charge in [0.2, 0.25) is 0 Å². The van der Waals surface area contributed by atoms with Crippen LogP contribution in [0.2, 0.25) is 0 Å². The predicted octanol–water partition coefficient (Wildman–Crippen LogP) is 13.8. The highest BCUT2D eigenvalue weighted by Gasteiger charge is 2.15. The Labute approximate surface area is 315 Å². The molecule has 5 aromatic heterocycles. The Hall–Kier alpha value is -5.34. The zero-order chi connectivity index (χ0) is 34.7. The smallest absolute Gasteiger partial charge is 0.346 e. The number of nitrogens with zero attached hydrogens (tertiary/aromatic N) is 2. The SMILES string of the molecule is N#C/C(=C\c1ccc(-c2ccc(-c3ccc(-c4ccc(-c5ccc(-c6ccc(N(c7ccccc7)c7ccccc7)cc6)s5)s4)s3)s2)s1)C(=O)O. The van der Waals surface area contributed by atoms with Gasteiger partial charge in [-0.1, -0.05) is 48.5 Å². The fourth-order valence-corrected chi connectivity index (χ4v) is 11.0. The minimum absolute atomic E-state index is 0.266. The van der Waals surface area contributed by atoms with E-state index in [2.05, 4.69) is 126 Å². The number of hydrogen-bond donors (Lipinski definition) is 1. The van der Waals surface area contributed by atoms with E-state index in [0.29, 0.717) is 0 Å². The van der Waals surface area contributed by atoms with Gasteiger partial charge in [-0.15, -0.1) is 56.7 Å². The van der Waals surface area contributed by atoms with E-state index in [1.807, 2.05) is 46.9 Å². The molecule has 246 valence electrons. The molecule has 0 fully saturated rings. The second-order valence-electron chi connectivity index (χ2n) is 11.4. The van der Waals surface area contributed by atoms with Gasteiger partial charge in [-0.3, -0.25) is 0 Å². The number of anilines is 3. The van der Waals surface area contributed by atoms with Gasteiger partial charge in [0.1, 0.15) is 11.6 Å². The van der Waals surface area contributed by atoms with Crippen molar-refractivity contribution in [1.82, 2.24) is 0 Å². The summed E-state index contributed by atoms with van der Waals surface area (Å²) in [6.45, 7) is 0. The van der Waals surface area contributed by atoms with Crippen molar-refractivity contribution >= 4 is 85.8 Å². The van der Waals surface area contributed by atoms with Crippen LogP contribution in [0.25, 0.3) is 55.5 Å². The Bertz CT molecular complexity index is 2490. The second kappa shape index (κ2) is 14.5. The van der Waals surface area contributed by atoms with Crippen LogP contribution in [0.4, 0.5) is 17.1 Å². The Morgan fingerprint density at radius 1 is 0.490 bits per heavy atom. The van der Waals surface area contributed by atoms with Crippen LogP contribution in [0.3, 0.4) is 0 Å². The summed E-state index contributed by atoms with van der Waals surface area (Å²) >= 11 is 8.63. The molecular weight excluding hydrogens is 725 g/mol. The second-order valence-corrected chi connectivity index (χ2v) is 16.8. The van der Waals surface area contributed by atoms with E-state index in [1.165, 1.54) is 57.1 Å². The van der Waals surface area contributed by atoms with Crippen LogP contribution in [-0.2, 0) is 4.79 Å². The molecule has 0 aliphatic rings. The third-order valence-electron chi connectivity index (χ3n) is 8.10. The Morgan fingerprint density at radius 3 is 1.29 bits per heavy atom. The molecular formula is C42H26N2O2S5.